The van der Waals surface area contributed by atoms with Crippen LogP contribution in [0.15, 0.2) is 48.5 Å². The van der Waals surface area contributed by atoms with Crippen molar-refractivity contribution in [3.05, 3.63) is 59.7 Å². The molecule has 0 spiro atoms. The van der Waals surface area contributed by atoms with Crippen molar-refractivity contribution in [2.45, 2.75) is 36.9 Å². The lowest BCUT2D eigenvalue weighted by Crippen LogP contribution is -2.63. The van der Waals surface area contributed by atoms with E-state index in [1.54, 1.807) is 0 Å². The normalized spacial score (nSPS) is 20.6. The van der Waals surface area contributed by atoms with Crippen LogP contribution in [-0.4, -0.2) is 67.7 Å². The van der Waals surface area contributed by atoms with Gasteiger partial charge < -0.3 is 30.0 Å². The van der Waals surface area contributed by atoms with E-state index in [-0.39, 0.29) is 32.2 Å². The zero-order valence-electron chi connectivity index (χ0n) is 19.1. The average Bonchev–Trinajstić information content (AvgIpc) is 3.44. The summed E-state index contributed by atoms with van der Waals surface area (Å²) in [4.78, 5) is 37.4. The number of hydrogen-bond acceptors (Lipinski definition) is 6. The van der Waals surface area contributed by atoms with Gasteiger partial charge in [0.15, 0.2) is 6.04 Å². The van der Waals surface area contributed by atoms with Crippen LogP contribution in [0, 0.1) is 0 Å². The first-order valence-electron chi connectivity index (χ1n) is 11.1. The summed E-state index contributed by atoms with van der Waals surface area (Å²) in [5.74, 6) is -2.02. The van der Waals surface area contributed by atoms with Crippen molar-refractivity contribution < 1.29 is 33.7 Å². The van der Waals surface area contributed by atoms with Gasteiger partial charge >= 0.3 is 12.1 Å². The van der Waals surface area contributed by atoms with Gasteiger partial charge in [0.1, 0.15) is 12.1 Å². The summed E-state index contributed by atoms with van der Waals surface area (Å²) in [5.41, 5.74) is 2.94. The van der Waals surface area contributed by atoms with Crippen LogP contribution in [0.4, 0.5) is 4.79 Å². The van der Waals surface area contributed by atoms with Gasteiger partial charge in [-0.3, -0.25) is 4.79 Å². The first kappa shape index (κ1) is 23.7. The van der Waals surface area contributed by atoms with E-state index in [1.165, 1.54) is 14.0 Å². The molecule has 3 unspecified atom stereocenters. The Hall–Kier alpha value is -3.43. The monoisotopic (exact) mass is 468 g/mol. The highest BCUT2D eigenvalue weighted by Crippen LogP contribution is 2.44. The minimum Gasteiger partial charge on any atom is -0.480 e. The zero-order valence-corrected chi connectivity index (χ0v) is 19.1. The Bertz CT molecular complexity index is 1030. The first-order valence-corrected chi connectivity index (χ1v) is 11.1. The van der Waals surface area contributed by atoms with Crippen molar-refractivity contribution in [1.29, 1.82) is 0 Å². The molecule has 9 heteroatoms. The summed E-state index contributed by atoms with van der Waals surface area (Å²) >= 11 is 0. The molecule has 2 aromatic rings. The van der Waals surface area contributed by atoms with E-state index in [0.717, 1.165) is 22.3 Å². The molecule has 1 heterocycles. The van der Waals surface area contributed by atoms with Crippen molar-refractivity contribution >= 4 is 18.0 Å². The fourth-order valence-electron chi connectivity index (χ4n) is 4.52. The molecule has 0 bridgehead atoms. The third-order valence-corrected chi connectivity index (χ3v) is 6.54. The van der Waals surface area contributed by atoms with Gasteiger partial charge in [-0.05, 0) is 29.2 Å². The van der Waals surface area contributed by atoms with Crippen molar-refractivity contribution in [2.75, 3.05) is 26.9 Å². The maximum atomic E-state index is 13.0. The van der Waals surface area contributed by atoms with E-state index in [4.69, 9.17) is 14.2 Å². The number of rotatable bonds is 8. The highest BCUT2D eigenvalue weighted by molar-refractivity contribution is 5.93. The molecule has 34 heavy (non-hydrogen) atoms. The van der Waals surface area contributed by atoms with Gasteiger partial charge in [-0.2, -0.15) is 0 Å². The van der Waals surface area contributed by atoms with Crippen molar-refractivity contribution in [2.24, 2.45) is 0 Å². The number of carboxylic acids is 1. The van der Waals surface area contributed by atoms with Gasteiger partial charge in [0.25, 0.3) is 0 Å². The minimum atomic E-state index is -1.43. The molecule has 0 saturated carbocycles. The van der Waals surface area contributed by atoms with Crippen LogP contribution >= 0.6 is 0 Å². The number of carbonyl (C=O) groups is 3. The average molecular weight is 469 g/mol. The van der Waals surface area contributed by atoms with Crippen LogP contribution in [0.25, 0.3) is 11.1 Å². The lowest BCUT2D eigenvalue weighted by molar-refractivity contribution is -0.146. The molecule has 0 radical (unpaired) electrons. The van der Waals surface area contributed by atoms with E-state index in [2.05, 4.69) is 10.6 Å². The van der Waals surface area contributed by atoms with Crippen molar-refractivity contribution in [1.82, 2.24) is 10.6 Å². The van der Waals surface area contributed by atoms with Gasteiger partial charge in [-0.25, -0.2) is 9.59 Å². The number of alkyl carbamates (subject to hydrolysis) is 1. The highest BCUT2D eigenvalue weighted by Gasteiger charge is 2.46. The number of hydrogen-bond donors (Lipinski definition) is 3. The fourth-order valence-corrected chi connectivity index (χ4v) is 4.52. The first-order chi connectivity index (χ1) is 16.4. The molecule has 1 aliphatic heterocycles. The number of nitrogens with one attached hydrogen (secondary N) is 2. The lowest BCUT2D eigenvalue weighted by Gasteiger charge is -2.30. The molecule has 0 aromatic heterocycles. The molecule has 2 aliphatic rings. The lowest BCUT2D eigenvalue weighted by atomic mass is 9.96. The maximum absolute atomic E-state index is 13.0. The van der Waals surface area contributed by atoms with Crippen molar-refractivity contribution in [3.8, 4) is 11.1 Å². The number of benzene rings is 2. The summed E-state index contributed by atoms with van der Waals surface area (Å²) in [6, 6.07) is 14.7. The third-order valence-electron chi connectivity index (χ3n) is 6.54. The Kier molecular flexibility index (Phi) is 6.85. The third kappa shape index (κ3) is 4.49. The van der Waals surface area contributed by atoms with E-state index >= 15 is 0 Å². The van der Waals surface area contributed by atoms with Gasteiger partial charge in [0, 0.05) is 26.1 Å². The molecule has 2 aromatic carbocycles. The standard InChI is InChI=1S/C25H28N2O7/c1-15(32-2)21(22(28)29)26-23(30)25(11-12-33-14-25)27-24(31)34-13-20-18-9-5-3-7-16(18)17-8-4-6-10-19(17)20/h3-10,15,20-21H,11-14H2,1-2H3,(H,26,30)(H,27,31)(H,28,29). The minimum absolute atomic E-state index is 0.0866. The summed E-state index contributed by atoms with van der Waals surface area (Å²) in [6.45, 7) is 1.79. The Morgan fingerprint density at radius 2 is 1.74 bits per heavy atom. The SMILES string of the molecule is COC(C)C(NC(=O)C1(NC(=O)OCC2c3ccccc3-c3ccccc32)CCOC1)C(=O)O. The predicted octanol–water partition coefficient (Wildman–Crippen LogP) is 2.29. The second-order valence-corrected chi connectivity index (χ2v) is 8.57. The highest BCUT2D eigenvalue weighted by atomic mass is 16.6. The van der Waals surface area contributed by atoms with Crippen LogP contribution in [0.1, 0.15) is 30.4 Å². The summed E-state index contributed by atoms with van der Waals surface area (Å²) in [7, 11) is 1.36. The predicted molar refractivity (Wildman–Crippen MR) is 122 cm³/mol. The number of carboxylic acid groups (broad SMARTS) is 1. The van der Waals surface area contributed by atoms with E-state index in [0.29, 0.717) is 0 Å². The summed E-state index contributed by atoms with van der Waals surface area (Å²) in [5, 5.41) is 14.6. The molecule has 4 rings (SSSR count). The smallest absolute Gasteiger partial charge is 0.408 e. The molecule has 9 nitrogen and oxygen atoms in total. The van der Waals surface area contributed by atoms with Crippen LogP contribution < -0.4 is 10.6 Å². The molecular formula is C25H28N2O7. The van der Waals surface area contributed by atoms with Gasteiger partial charge in [0.05, 0.1) is 12.7 Å². The molecular weight excluding hydrogens is 440 g/mol. The van der Waals surface area contributed by atoms with E-state index in [9.17, 15) is 19.5 Å². The number of amides is 2. The Morgan fingerprint density at radius 1 is 1.12 bits per heavy atom. The van der Waals surface area contributed by atoms with Crippen LogP contribution in [0.3, 0.4) is 0 Å². The van der Waals surface area contributed by atoms with E-state index in [1.807, 2.05) is 48.5 Å². The Labute approximate surface area is 197 Å². The summed E-state index contributed by atoms with van der Waals surface area (Å²) in [6.07, 6.45) is -1.35. The second kappa shape index (κ2) is 9.82. The Balaban J connectivity index is 1.45. The number of aliphatic carboxylic acids is 1. The fraction of sp³-hybridized carbons (Fsp3) is 0.400. The number of carbonyl (C=O) groups excluding carboxylic acids is 2. The van der Waals surface area contributed by atoms with E-state index < -0.39 is 35.7 Å². The molecule has 1 aliphatic carbocycles. The molecule has 1 saturated heterocycles. The number of ether oxygens (including phenoxy) is 3. The quantitative estimate of drug-likeness (QED) is 0.543. The number of methoxy groups -OCH3 is 1. The topological polar surface area (TPSA) is 123 Å². The number of fused-ring (bicyclic) bond motifs is 3. The van der Waals surface area contributed by atoms with Crippen LogP contribution in [-0.2, 0) is 23.8 Å². The second-order valence-electron chi connectivity index (χ2n) is 8.57. The summed E-state index contributed by atoms with van der Waals surface area (Å²) < 4.78 is 16.0. The van der Waals surface area contributed by atoms with Gasteiger partial charge in [0.2, 0.25) is 5.91 Å². The van der Waals surface area contributed by atoms with Crippen LogP contribution in [0.5, 0.6) is 0 Å². The largest absolute Gasteiger partial charge is 0.480 e. The molecule has 1 fully saturated rings. The molecule has 180 valence electrons. The maximum Gasteiger partial charge on any atom is 0.408 e. The van der Waals surface area contributed by atoms with Gasteiger partial charge in [-0.15, -0.1) is 0 Å². The van der Waals surface area contributed by atoms with Crippen LogP contribution in [0.2, 0.25) is 0 Å². The molecule has 2 amide bonds. The zero-order chi connectivity index (χ0) is 24.3. The van der Waals surface area contributed by atoms with Gasteiger partial charge in [-0.1, -0.05) is 48.5 Å². The molecule has 3 atom stereocenters. The molecule has 3 N–H and O–H groups in total. The Morgan fingerprint density at radius 3 is 2.26 bits per heavy atom. The van der Waals surface area contributed by atoms with Crippen molar-refractivity contribution in [3.63, 3.8) is 0 Å².